The second-order valence-corrected chi connectivity index (χ2v) is 6.09. The number of nitrogens with one attached hydrogen (secondary N) is 1. The first-order valence-corrected chi connectivity index (χ1v) is 8.00. The molecule has 1 fully saturated rings. The molecule has 0 saturated carbocycles. The van der Waals surface area contributed by atoms with E-state index in [1.54, 1.807) is 6.20 Å². The summed E-state index contributed by atoms with van der Waals surface area (Å²) in [6.45, 7) is 0.765. The Morgan fingerprint density at radius 3 is 2.96 bits per heavy atom. The molecule has 6 nitrogen and oxygen atoms in total. The van der Waals surface area contributed by atoms with E-state index in [9.17, 15) is 14.0 Å². The van der Waals surface area contributed by atoms with Crippen molar-refractivity contribution in [3.63, 3.8) is 0 Å². The Kier molecular flexibility index (Phi) is 4.24. The van der Waals surface area contributed by atoms with Crippen molar-refractivity contribution in [2.24, 2.45) is 5.73 Å². The molecule has 8 heteroatoms. The maximum atomic E-state index is 13.5. The van der Waals surface area contributed by atoms with Crippen LogP contribution in [0.5, 0.6) is 0 Å². The summed E-state index contributed by atoms with van der Waals surface area (Å²) >= 11 is 1.48. The highest BCUT2D eigenvalue weighted by atomic mass is 32.1. The van der Waals surface area contributed by atoms with Crippen molar-refractivity contribution in [2.45, 2.75) is 18.9 Å². The van der Waals surface area contributed by atoms with Crippen molar-refractivity contribution in [3.8, 4) is 0 Å². The molecule has 1 aromatic carbocycles. The molecule has 23 heavy (non-hydrogen) atoms. The van der Waals surface area contributed by atoms with Crippen molar-refractivity contribution in [3.05, 3.63) is 41.2 Å². The number of rotatable bonds is 4. The number of aromatic nitrogens is 1. The summed E-state index contributed by atoms with van der Waals surface area (Å²) in [5, 5.41) is 5.39. The number of carbonyl (C=O) groups excluding carboxylic acids is 2. The number of primary amides is 1. The molecule has 3 rings (SSSR count). The van der Waals surface area contributed by atoms with Gasteiger partial charge in [0.25, 0.3) is 5.91 Å². The summed E-state index contributed by atoms with van der Waals surface area (Å²) in [4.78, 5) is 29.9. The van der Waals surface area contributed by atoms with Crippen LogP contribution in [0.1, 0.15) is 23.2 Å². The van der Waals surface area contributed by atoms with Crippen LogP contribution in [0.25, 0.3) is 0 Å². The Balaban J connectivity index is 1.76. The third kappa shape index (κ3) is 3.16. The zero-order valence-corrected chi connectivity index (χ0v) is 13.0. The number of hydrogen-bond acceptors (Lipinski definition) is 5. The van der Waals surface area contributed by atoms with Crippen molar-refractivity contribution < 1.29 is 14.0 Å². The van der Waals surface area contributed by atoms with Crippen LogP contribution >= 0.6 is 11.3 Å². The van der Waals surface area contributed by atoms with Gasteiger partial charge in [0.2, 0.25) is 5.91 Å². The molecule has 2 aromatic rings. The monoisotopic (exact) mass is 334 g/mol. The smallest absolute Gasteiger partial charge is 0.251 e. The number of amides is 2. The summed E-state index contributed by atoms with van der Waals surface area (Å²) in [5.74, 6) is -1.79. The van der Waals surface area contributed by atoms with E-state index in [1.165, 1.54) is 23.5 Å². The number of nitrogens with two attached hydrogens (primary N) is 1. The van der Waals surface area contributed by atoms with Gasteiger partial charge in [-0.25, -0.2) is 9.37 Å². The maximum absolute atomic E-state index is 13.5. The van der Waals surface area contributed by atoms with Gasteiger partial charge in [-0.2, -0.15) is 0 Å². The normalized spacial score (nSPS) is 17.3. The maximum Gasteiger partial charge on any atom is 0.251 e. The summed E-state index contributed by atoms with van der Waals surface area (Å²) in [5.41, 5.74) is 5.22. The number of hydrogen-bond donors (Lipinski definition) is 2. The summed E-state index contributed by atoms with van der Waals surface area (Å²) in [6.07, 6.45) is 3.31. The molecule has 1 atom stereocenters. The molecular weight excluding hydrogens is 319 g/mol. The fourth-order valence-corrected chi connectivity index (χ4v) is 3.36. The second-order valence-electron chi connectivity index (χ2n) is 5.21. The number of anilines is 2. The van der Waals surface area contributed by atoms with Gasteiger partial charge < -0.3 is 16.0 Å². The lowest BCUT2D eigenvalue weighted by atomic mass is 10.1. The lowest BCUT2D eigenvalue weighted by molar-refractivity contribution is -0.117. The average molecular weight is 334 g/mol. The first-order valence-electron chi connectivity index (χ1n) is 7.12. The second kappa shape index (κ2) is 6.33. The molecule has 2 heterocycles. The van der Waals surface area contributed by atoms with Crippen LogP contribution in [-0.4, -0.2) is 29.4 Å². The zero-order chi connectivity index (χ0) is 16.4. The van der Waals surface area contributed by atoms with Crippen molar-refractivity contribution in [1.82, 2.24) is 4.98 Å². The average Bonchev–Trinajstić information content (AvgIpc) is 3.19. The number of nitrogens with zero attached hydrogens (tertiary/aromatic N) is 2. The number of carbonyl (C=O) groups is 2. The topological polar surface area (TPSA) is 88.3 Å². The van der Waals surface area contributed by atoms with Crippen molar-refractivity contribution in [2.75, 3.05) is 16.8 Å². The zero-order valence-electron chi connectivity index (χ0n) is 12.2. The number of benzene rings is 1. The Morgan fingerprint density at radius 2 is 2.26 bits per heavy atom. The highest BCUT2D eigenvalue weighted by Gasteiger charge is 2.32. The predicted molar refractivity (Wildman–Crippen MR) is 86.0 cm³/mol. The molecule has 1 saturated heterocycles. The molecule has 3 N–H and O–H groups in total. The van der Waals surface area contributed by atoms with Gasteiger partial charge in [-0.05, 0) is 31.0 Å². The van der Waals surface area contributed by atoms with Crippen LogP contribution in [0.3, 0.4) is 0 Å². The van der Waals surface area contributed by atoms with E-state index in [2.05, 4.69) is 10.3 Å². The Morgan fingerprint density at radius 1 is 1.43 bits per heavy atom. The fraction of sp³-hybridized carbons (Fsp3) is 0.267. The van der Waals surface area contributed by atoms with E-state index in [1.807, 2.05) is 10.3 Å². The molecule has 1 aromatic heterocycles. The summed E-state index contributed by atoms with van der Waals surface area (Å²) in [7, 11) is 0. The van der Waals surface area contributed by atoms with E-state index >= 15 is 0 Å². The minimum atomic E-state index is -0.871. The van der Waals surface area contributed by atoms with Gasteiger partial charge in [0.15, 0.2) is 5.13 Å². The van der Waals surface area contributed by atoms with E-state index in [4.69, 9.17) is 5.73 Å². The van der Waals surface area contributed by atoms with E-state index < -0.39 is 11.7 Å². The number of halogens is 1. The van der Waals surface area contributed by atoms with Crippen LogP contribution in [0.4, 0.5) is 15.2 Å². The lowest BCUT2D eigenvalue weighted by Gasteiger charge is -2.23. The van der Waals surface area contributed by atoms with Gasteiger partial charge >= 0.3 is 0 Å². The van der Waals surface area contributed by atoms with Crippen molar-refractivity contribution in [1.29, 1.82) is 0 Å². The Labute approximate surface area is 136 Å². The summed E-state index contributed by atoms with van der Waals surface area (Å²) < 4.78 is 13.5. The van der Waals surface area contributed by atoms with Gasteiger partial charge in [-0.1, -0.05) is 0 Å². The first kappa shape index (κ1) is 15.4. The highest BCUT2D eigenvalue weighted by Crippen LogP contribution is 2.28. The Hall–Kier alpha value is -2.48. The minimum absolute atomic E-state index is 0.209. The molecule has 1 aliphatic heterocycles. The standard InChI is InChI=1S/C15H15FN4O2S/c16-11-4-3-9(8-10(11)13(17)21)19-14(22)12-2-1-6-20(12)15-18-5-7-23-15/h3-5,7-8,12H,1-2,6H2,(H2,17,21)(H,19,22). The van der Waals surface area contributed by atoms with Gasteiger partial charge in [0.05, 0.1) is 5.56 Å². The predicted octanol–water partition coefficient (Wildman–Crippen LogP) is 1.99. The van der Waals surface area contributed by atoms with Gasteiger partial charge in [-0.15, -0.1) is 11.3 Å². The van der Waals surface area contributed by atoms with Crippen LogP contribution in [0.15, 0.2) is 29.8 Å². The molecule has 1 unspecified atom stereocenters. The molecule has 0 aliphatic carbocycles. The van der Waals surface area contributed by atoms with Gasteiger partial charge in [-0.3, -0.25) is 9.59 Å². The molecule has 2 amide bonds. The first-order chi connectivity index (χ1) is 11.1. The van der Waals surface area contributed by atoms with Gasteiger partial charge in [0.1, 0.15) is 11.9 Å². The van der Waals surface area contributed by atoms with E-state index in [0.717, 1.165) is 30.6 Å². The third-order valence-electron chi connectivity index (χ3n) is 3.72. The molecular formula is C15H15FN4O2S. The Bertz CT molecular complexity index is 735. The summed E-state index contributed by atoms with van der Waals surface area (Å²) in [6, 6.07) is 3.44. The lowest BCUT2D eigenvalue weighted by Crippen LogP contribution is -2.39. The van der Waals surface area contributed by atoms with Gasteiger partial charge in [0, 0.05) is 23.8 Å². The van der Waals surface area contributed by atoms with E-state index in [0.29, 0.717) is 5.69 Å². The SMILES string of the molecule is NC(=O)c1cc(NC(=O)C2CCCN2c2nccs2)ccc1F. The fourth-order valence-electron chi connectivity index (χ4n) is 2.64. The minimum Gasteiger partial charge on any atom is -0.366 e. The van der Waals surface area contributed by atoms with Crippen LogP contribution < -0.4 is 16.0 Å². The van der Waals surface area contributed by atoms with Crippen molar-refractivity contribution >= 4 is 34.0 Å². The number of thiazole rings is 1. The highest BCUT2D eigenvalue weighted by molar-refractivity contribution is 7.13. The van der Waals surface area contributed by atoms with E-state index in [-0.39, 0.29) is 17.5 Å². The molecule has 0 spiro atoms. The van der Waals surface area contributed by atoms with Crippen LogP contribution in [0, 0.1) is 5.82 Å². The largest absolute Gasteiger partial charge is 0.366 e. The molecule has 0 radical (unpaired) electrons. The van der Waals surface area contributed by atoms with Crippen LogP contribution in [0.2, 0.25) is 0 Å². The molecule has 1 aliphatic rings. The molecule has 120 valence electrons. The molecule has 0 bridgehead atoms. The third-order valence-corrected chi connectivity index (χ3v) is 4.53. The quantitative estimate of drug-likeness (QED) is 0.895. The van der Waals surface area contributed by atoms with Crippen LogP contribution in [-0.2, 0) is 4.79 Å².